The van der Waals surface area contributed by atoms with Crippen molar-refractivity contribution in [3.63, 3.8) is 0 Å². The maximum atomic E-state index is 12.3. The molecular weight excluding hydrogens is 352 g/mol. The van der Waals surface area contributed by atoms with Gasteiger partial charge in [0.1, 0.15) is 0 Å². The van der Waals surface area contributed by atoms with Gasteiger partial charge in [0.25, 0.3) is 0 Å². The van der Waals surface area contributed by atoms with Gasteiger partial charge in [0.15, 0.2) is 0 Å². The van der Waals surface area contributed by atoms with Crippen LogP contribution >= 0.6 is 0 Å². The molecule has 6 nitrogen and oxygen atoms in total. The summed E-state index contributed by atoms with van der Waals surface area (Å²) >= 11 is 0. The number of amides is 1. The summed E-state index contributed by atoms with van der Waals surface area (Å²) in [7, 11) is 0. The lowest BCUT2D eigenvalue weighted by Crippen LogP contribution is -2.32. The Bertz CT molecular complexity index is 1040. The van der Waals surface area contributed by atoms with Gasteiger partial charge in [-0.3, -0.25) is 14.8 Å². The summed E-state index contributed by atoms with van der Waals surface area (Å²) in [6.07, 6.45) is 3.32. The predicted octanol–water partition coefficient (Wildman–Crippen LogP) is 2.87. The van der Waals surface area contributed by atoms with Gasteiger partial charge in [0, 0.05) is 30.1 Å². The van der Waals surface area contributed by atoms with Crippen LogP contribution < -0.4 is 0 Å². The molecule has 1 fully saturated rings. The molecule has 2 aromatic heterocycles. The van der Waals surface area contributed by atoms with Crippen molar-refractivity contribution < 1.29 is 9.90 Å². The first-order valence-corrected chi connectivity index (χ1v) is 9.43. The largest absolute Gasteiger partial charge is 0.394 e. The van der Waals surface area contributed by atoms with Crippen LogP contribution in [0.3, 0.4) is 0 Å². The molecule has 1 aliphatic heterocycles. The van der Waals surface area contributed by atoms with Crippen LogP contribution in [0.4, 0.5) is 0 Å². The second-order valence-electron chi connectivity index (χ2n) is 6.99. The number of hydrazone groups is 1. The number of aliphatic hydroxyl groups excluding tert-OH is 1. The Hall–Kier alpha value is -3.12. The van der Waals surface area contributed by atoms with Crippen LogP contribution in [0.2, 0.25) is 0 Å². The number of pyridine rings is 2. The maximum Gasteiger partial charge on any atom is 0.243 e. The van der Waals surface area contributed by atoms with Crippen molar-refractivity contribution in [2.24, 2.45) is 5.10 Å². The standard InChI is InChI=1S/C22H22N4O2/c1-15-5-4-8-20(24-15)21(25-26-17(14-27)9-10-22(26)28)13-16-11-12-23-19-7-3-2-6-18(16)19/h2-8,11-12,17,27H,9-10,13-14H2,1H3. The highest BCUT2D eigenvalue weighted by Crippen LogP contribution is 2.22. The molecule has 3 heterocycles. The minimum absolute atomic E-state index is 0.0659. The van der Waals surface area contributed by atoms with Gasteiger partial charge in [-0.2, -0.15) is 5.10 Å². The highest BCUT2D eigenvalue weighted by molar-refractivity contribution is 6.02. The van der Waals surface area contributed by atoms with E-state index in [0.717, 1.165) is 27.9 Å². The molecule has 1 amide bonds. The maximum absolute atomic E-state index is 12.3. The summed E-state index contributed by atoms with van der Waals surface area (Å²) < 4.78 is 0. The van der Waals surface area contributed by atoms with E-state index in [1.807, 2.05) is 55.5 Å². The first kappa shape index (κ1) is 18.3. The molecule has 1 aliphatic rings. The van der Waals surface area contributed by atoms with Crippen LogP contribution in [-0.4, -0.2) is 44.4 Å². The van der Waals surface area contributed by atoms with Crippen molar-refractivity contribution in [1.82, 2.24) is 15.0 Å². The average molecular weight is 374 g/mol. The molecule has 3 aromatic rings. The van der Waals surface area contributed by atoms with Crippen molar-refractivity contribution in [1.29, 1.82) is 0 Å². The van der Waals surface area contributed by atoms with Crippen molar-refractivity contribution in [3.8, 4) is 0 Å². The molecule has 0 aliphatic carbocycles. The lowest BCUT2D eigenvalue weighted by atomic mass is 10.0. The third kappa shape index (κ3) is 3.64. The van der Waals surface area contributed by atoms with Gasteiger partial charge in [0.2, 0.25) is 5.91 Å². The fourth-order valence-electron chi connectivity index (χ4n) is 3.54. The number of aliphatic hydroxyl groups is 1. The third-order valence-electron chi connectivity index (χ3n) is 5.01. The zero-order valence-electron chi connectivity index (χ0n) is 15.7. The van der Waals surface area contributed by atoms with Gasteiger partial charge in [0.05, 0.1) is 29.6 Å². The smallest absolute Gasteiger partial charge is 0.243 e. The number of nitrogens with zero attached hydrogens (tertiary/aromatic N) is 4. The second kappa shape index (κ2) is 7.86. The molecule has 0 spiro atoms. The molecule has 0 radical (unpaired) electrons. The minimum atomic E-state index is -0.276. The van der Waals surface area contributed by atoms with Crippen LogP contribution in [-0.2, 0) is 11.2 Å². The Labute approximate surface area is 163 Å². The SMILES string of the molecule is Cc1cccc(C(Cc2ccnc3ccccc23)=NN2C(=O)CCC2CO)n1. The van der Waals surface area contributed by atoms with Crippen LogP contribution in [0.5, 0.6) is 0 Å². The third-order valence-corrected chi connectivity index (χ3v) is 5.01. The van der Waals surface area contributed by atoms with Crippen molar-refractivity contribution in [3.05, 3.63) is 71.7 Å². The molecule has 1 saturated heterocycles. The minimum Gasteiger partial charge on any atom is -0.394 e. The molecule has 1 aromatic carbocycles. The molecule has 28 heavy (non-hydrogen) atoms. The number of aryl methyl sites for hydroxylation is 1. The van der Waals surface area contributed by atoms with Gasteiger partial charge >= 0.3 is 0 Å². The number of benzene rings is 1. The van der Waals surface area contributed by atoms with E-state index in [1.165, 1.54) is 5.01 Å². The van der Waals surface area contributed by atoms with Crippen LogP contribution in [0, 0.1) is 6.92 Å². The zero-order chi connectivity index (χ0) is 19.5. The lowest BCUT2D eigenvalue weighted by Gasteiger charge is -2.19. The molecule has 0 bridgehead atoms. The number of rotatable bonds is 5. The van der Waals surface area contributed by atoms with Crippen molar-refractivity contribution in [2.75, 3.05) is 6.61 Å². The topological polar surface area (TPSA) is 78.7 Å². The van der Waals surface area contributed by atoms with Crippen LogP contribution in [0.15, 0.2) is 59.8 Å². The molecule has 142 valence electrons. The Morgan fingerprint density at radius 1 is 1.21 bits per heavy atom. The van der Waals surface area contributed by atoms with Crippen LogP contribution in [0.1, 0.15) is 29.8 Å². The normalized spacial score (nSPS) is 17.5. The van der Waals surface area contributed by atoms with Crippen LogP contribution in [0.25, 0.3) is 10.9 Å². The quantitative estimate of drug-likeness (QED) is 0.697. The summed E-state index contributed by atoms with van der Waals surface area (Å²) in [6.45, 7) is 1.84. The van der Waals surface area contributed by atoms with Gasteiger partial charge < -0.3 is 5.11 Å². The van der Waals surface area contributed by atoms with Gasteiger partial charge in [-0.1, -0.05) is 24.3 Å². The van der Waals surface area contributed by atoms with E-state index in [0.29, 0.717) is 25.0 Å². The number of hydrogen-bond donors (Lipinski definition) is 1. The molecule has 1 unspecified atom stereocenters. The van der Waals surface area contributed by atoms with Gasteiger partial charge in [-0.05, 0) is 43.2 Å². The highest BCUT2D eigenvalue weighted by atomic mass is 16.3. The monoisotopic (exact) mass is 374 g/mol. The molecule has 6 heteroatoms. The van der Waals surface area contributed by atoms with E-state index in [4.69, 9.17) is 0 Å². The van der Waals surface area contributed by atoms with Crippen molar-refractivity contribution in [2.45, 2.75) is 32.2 Å². The summed E-state index contributed by atoms with van der Waals surface area (Å²) in [4.78, 5) is 21.4. The number of fused-ring (bicyclic) bond motifs is 1. The summed E-state index contributed by atoms with van der Waals surface area (Å²) in [5.41, 5.74) is 4.31. The Balaban J connectivity index is 1.79. The second-order valence-corrected chi connectivity index (χ2v) is 6.99. The van der Waals surface area contributed by atoms with Crippen molar-refractivity contribution >= 4 is 22.5 Å². The summed E-state index contributed by atoms with van der Waals surface area (Å²) in [5, 5.41) is 16.8. The summed E-state index contributed by atoms with van der Waals surface area (Å²) in [5.74, 6) is -0.0659. The first-order chi connectivity index (χ1) is 13.7. The number of carbonyl (C=O) groups excluding carboxylic acids is 1. The molecule has 0 saturated carbocycles. The van der Waals surface area contributed by atoms with E-state index >= 15 is 0 Å². The van der Waals surface area contributed by atoms with Gasteiger partial charge in [-0.25, -0.2) is 5.01 Å². The van der Waals surface area contributed by atoms with E-state index in [-0.39, 0.29) is 18.6 Å². The first-order valence-electron chi connectivity index (χ1n) is 9.43. The number of para-hydroxylation sites is 1. The fraction of sp³-hybridized carbons (Fsp3) is 0.273. The molecule has 4 rings (SSSR count). The van der Waals surface area contributed by atoms with Gasteiger partial charge in [-0.15, -0.1) is 0 Å². The lowest BCUT2D eigenvalue weighted by molar-refractivity contribution is -0.129. The van der Waals surface area contributed by atoms with E-state index in [1.54, 1.807) is 6.20 Å². The molecule has 1 N–H and O–H groups in total. The zero-order valence-corrected chi connectivity index (χ0v) is 15.7. The van der Waals surface area contributed by atoms with E-state index in [2.05, 4.69) is 15.1 Å². The Morgan fingerprint density at radius 3 is 2.89 bits per heavy atom. The highest BCUT2D eigenvalue weighted by Gasteiger charge is 2.31. The summed E-state index contributed by atoms with van der Waals surface area (Å²) in [6, 6.07) is 15.4. The van der Waals surface area contributed by atoms with E-state index < -0.39 is 0 Å². The molecule has 1 atom stereocenters. The average Bonchev–Trinajstić information content (AvgIpc) is 3.07. The number of hydrogen-bond acceptors (Lipinski definition) is 5. The number of carbonyl (C=O) groups is 1. The Kier molecular flexibility index (Phi) is 5.12. The Morgan fingerprint density at radius 2 is 2.07 bits per heavy atom. The molecular formula is C22H22N4O2. The number of aromatic nitrogens is 2. The predicted molar refractivity (Wildman–Crippen MR) is 108 cm³/mol. The van der Waals surface area contributed by atoms with E-state index in [9.17, 15) is 9.90 Å². The fourth-order valence-corrected chi connectivity index (χ4v) is 3.54.